The lowest BCUT2D eigenvalue weighted by molar-refractivity contribution is -0.137. The highest BCUT2D eigenvalue weighted by Crippen LogP contribution is 2.35. The van der Waals surface area contributed by atoms with Crippen LogP contribution in [0, 0.1) is 6.92 Å². The Morgan fingerprint density at radius 3 is 2.37 bits per heavy atom. The molecule has 3 rings (SSSR count). The number of para-hydroxylation sites is 1. The first-order valence-electron chi connectivity index (χ1n) is 10.1. The molecule has 2 aromatic carbocycles. The molecule has 0 aromatic heterocycles. The number of benzene rings is 2. The third-order valence-corrected chi connectivity index (χ3v) is 4.84. The van der Waals surface area contributed by atoms with Crippen molar-refractivity contribution >= 4 is 23.1 Å². The largest absolute Gasteiger partial charge is 0.496 e. The van der Waals surface area contributed by atoms with Crippen LogP contribution in [0.2, 0.25) is 0 Å². The number of aryl methyl sites for hydroxylation is 1. The minimum Gasteiger partial charge on any atom is -0.496 e. The van der Waals surface area contributed by atoms with Crippen LogP contribution in [0.25, 0.3) is 5.57 Å². The minimum atomic E-state index is -0.342. The Bertz CT molecular complexity index is 948. The van der Waals surface area contributed by atoms with Crippen LogP contribution in [0.3, 0.4) is 0 Å². The van der Waals surface area contributed by atoms with Crippen molar-refractivity contribution in [2.75, 3.05) is 25.6 Å². The van der Waals surface area contributed by atoms with Crippen molar-refractivity contribution in [3.63, 3.8) is 0 Å². The first-order chi connectivity index (χ1) is 14.4. The van der Waals surface area contributed by atoms with Crippen LogP contribution in [0.15, 0.2) is 54.2 Å². The summed E-state index contributed by atoms with van der Waals surface area (Å²) in [5, 5.41) is 3.17. The Hall–Kier alpha value is -3.12. The number of imide groups is 1. The van der Waals surface area contributed by atoms with Crippen LogP contribution < -0.4 is 10.1 Å². The smallest absolute Gasteiger partial charge is 0.278 e. The third kappa shape index (κ3) is 4.71. The van der Waals surface area contributed by atoms with Gasteiger partial charge in [-0.05, 0) is 45.4 Å². The molecule has 2 amide bonds. The van der Waals surface area contributed by atoms with E-state index in [4.69, 9.17) is 9.47 Å². The Kier molecular flexibility index (Phi) is 6.90. The van der Waals surface area contributed by atoms with Crippen LogP contribution in [0.4, 0.5) is 5.69 Å². The summed E-state index contributed by atoms with van der Waals surface area (Å²) in [4.78, 5) is 27.8. The van der Waals surface area contributed by atoms with Gasteiger partial charge in [0.25, 0.3) is 11.8 Å². The summed E-state index contributed by atoms with van der Waals surface area (Å²) < 4.78 is 11.0. The standard InChI is InChI=1S/C24H28N2O4/c1-16(2)30-15-7-14-26-23(27)21(19-8-5-6-9-20(19)29-4)22(24(26)28)25-18-12-10-17(3)11-13-18/h5-6,8-13,16,25H,7,14-15H2,1-4H3. The highest BCUT2D eigenvalue weighted by molar-refractivity contribution is 6.37. The van der Waals surface area contributed by atoms with E-state index in [0.717, 1.165) is 11.3 Å². The van der Waals surface area contributed by atoms with E-state index in [1.807, 2.05) is 57.2 Å². The predicted octanol–water partition coefficient (Wildman–Crippen LogP) is 4.01. The number of nitrogens with zero attached hydrogens (tertiary/aromatic N) is 1. The maximum Gasteiger partial charge on any atom is 0.278 e. The molecule has 0 atom stereocenters. The summed E-state index contributed by atoms with van der Waals surface area (Å²) in [6.45, 7) is 6.68. The predicted molar refractivity (Wildman–Crippen MR) is 117 cm³/mol. The average Bonchev–Trinajstić information content (AvgIpc) is 2.96. The molecule has 1 heterocycles. The second-order valence-corrected chi connectivity index (χ2v) is 7.48. The van der Waals surface area contributed by atoms with Gasteiger partial charge in [-0.3, -0.25) is 14.5 Å². The fraction of sp³-hybridized carbons (Fsp3) is 0.333. The van der Waals surface area contributed by atoms with Gasteiger partial charge in [0.2, 0.25) is 0 Å². The summed E-state index contributed by atoms with van der Waals surface area (Å²) in [7, 11) is 1.55. The number of hydrogen-bond donors (Lipinski definition) is 1. The number of methoxy groups -OCH3 is 1. The van der Waals surface area contributed by atoms with Crippen molar-refractivity contribution < 1.29 is 19.1 Å². The Balaban J connectivity index is 1.94. The number of nitrogens with one attached hydrogen (secondary N) is 1. The molecule has 1 N–H and O–H groups in total. The van der Waals surface area contributed by atoms with Gasteiger partial charge in [0.15, 0.2) is 0 Å². The fourth-order valence-corrected chi connectivity index (χ4v) is 3.32. The molecule has 158 valence electrons. The molecule has 1 aliphatic rings. The first-order valence-corrected chi connectivity index (χ1v) is 10.1. The Morgan fingerprint density at radius 2 is 1.70 bits per heavy atom. The maximum atomic E-state index is 13.3. The van der Waals surface area contributed by atoms with Crippen LogP contribution in [-0.2, 0) is 14.3 Å². The summed E-state index contributed by atoms with van der Waals surface area (Å²) in [6.07, 6.45) is 0.683. The molecule has 0 saturated heterocycles. The monoisotopic (exact) mass is 408 g/mol. The molecular weight excluding hydrogens is 380 g/mol. The van der Waals surface area contributed by atoms with Gasteiger partial charge in [-0.15, -0.1) is 0 Å². The number of anilines is 1. The van der Waals surface area contributed by atoms with Crippen molar-refractivity contribution in [2.24, 2.45) is 0 Å². The van der Waals surface area contributed by atoms with E-state index in [2.05, 4.69) is 5.32 Å². The van der Waals surface area contributed by atoms with Crippen LogP contribution >= 0.6 is 0 Å². The van der Waals surface area contributed by atoms with Crippen molar-refractivity contribution in [1.82, 2.24) is 4.90 Å². The number of carbonyl (C=O) groups is 2. The summed E-state index contributed by atoms with van der Waals surface area (Å²) >= 11 is 0. The van der Waals surface area contributed by atoms with E-state index < -0.39 is 0 Å². The number of rotatable bonds is 9. The summed E-state index contributed by atoms with van der Waals surface area (Å²) in [5.74, 6) is -0.128. The zero-order chi connectivity index (χ0) is 21.7. The lowest BCUT2D eigenvalue weighted by Crippen LogP contribution is -2.34. The molecule has 0 fully saturated rings. The topological polar surface area (TPSA) is 67.9 Å². The molecule has 30 heavy (non-hydrogen) atoms. The van der Waals surface area contributed by atoms with Crippen LogP contribution in [0.1, 0.15) is 31.4 Å². The number of ether oxygens (including phenoxy) is 2. The van der Waals surface area contributed by atoms with E-state index in [9.17, 15) is 9.59 Å². The second kappa shape index (κ2) is 9.59. The van der Waals surface area contributed by atoms with E-state index in [1.54, 1.807) is 19.2 Å². The SMILES string of the molecule is COc1ccccc1C1=C(Nc2ccc(C)cc2)C(=O)N(CCCOC(C)C)C1=O. The van der Waals surface area contributed by atoms with Crippen molar-refractivity contribution in [3.05, 3.63) is 65.4 Å². The van der Waals surface area contributed by atoms with Crippen LogP contribution in [-0.4, -0.2) is 43.1 Å². The van der Waals surface area contributed by atoms with Crippen molar-refractivity contribution in [1.29, 1.82) is 0 Å². The molecule has 0 radical (unpaired) electrons. The third-order valence-electron chi connectivity index (χ3n) is 4.84. The second-order valence-electron chi connectivity index (χ2n) is 7.48. The first kappa shape index (κ1) is 21.6. The highest BCUT2D eigenvalue weighted by Gasteiger charge is 2.39. The number of hydrogen-bond acceptors (Lipinski definition) is 5. The van der Waals surface area contributed by atoms with Gasteiger partial charge in [-0.2, -0.15) is 0 Å². The Morgan fingerprint density at radius 1 is 1.00 bits per heavy atom. The normalized spacial score (nSPS) is 14.1. The lowest BCUT2D eigenvalue weighted by atomic mass is 10.0. The van der Waals surface area contributed by atoms with Gasteiger partial charge in [0.1, 0.15) is 11.4 Å². The molecule has 0 saturated carbocycles. The molecule has 0 unspecified atom stereocenters. The van der Waals surface area contributed by atoms with Gasteiger partial charge in [0, 0.05) is 24.4 Å². The van der Waals surface area contributed by atoms with Gasteiger partial charge in [-0.1, -0.05) is 35.9 Å². The average molecular weight is 408 g/mol. The van der Waals surface area contributed by atoms with Gasteiger partial charge < -0.3 is 14.8 Å². The van der Waals surface area contributed by atoms with Crippen LogP contribution in [0.5, 0.6) is 5.75 Å². The lowest BCUT2D eigenvalue weighted by Gasteiger charge is -2.16. The molecule has 0 bridgehead atoms. The summed E-state index contributed by atoms with van der Waals surface area (Å²) in [6, 6.07) is 14.9. The summed E-state index contributed by atoms with van der Waals surface area (Å²) in [5.41, 5.74) is 3.03. The number of amides is 2. The molecule has 1 aliphatic heterocycles. The van der Waals surface area contributed by atoms with Crippen molar-refractivity contribution in [2.45, 2.75) is 33.3 Å². The molecule has 0 aliphatic carbocycles. The van der Waals surface area contributed by atoms with Gasteiger partial charge >= 0.3 is 0 Å². The zero-order valence-electron chi connectivity index (χ0n) is 17.9. The molecule has 6 heteroatoms. The molecule has 0 spiro atoms. The van der Waals surface area contributed by atoms with E-state index in [-0.39, 0.29) is 23.6 Å². The fourth-order valence-electron chi connectivity index (χ4n) is 3.32. The maximum absolute atomic E-state index is 13.3. The van der Waals surface area contributed by atoms with Crippen molar-refractivity contribution in [3.8, 4) is 5.75 Å². The van der Waals surface area contributed by atoms with Gasteiger partial charge in [-0.25, -0.2) is 0 Å². The minimum absolute atomic E-state index is 0.107. The number of carbonyl (C=O) groups excluding carboxylic acids is 2. The van der Waals surface area contributed by atoms with E-state index >= 15 is 0 Å². The quantitative estimate of drug-likeness (QED) is 0.502. The van der Waals surface area contributed by atoms with Gasteiger partial charge in [0.05, 0.1) is 18.8 Å². The zero-order valence-corrected chi connectivity index (χ0v) is 17.9. The Labute approximate surface area is 177 Å². The molecule has 6 nitrogen and oxygen atoms in total. The van der Waals surface area contributed by atoms with E-state index in [0.29, 0.717) is 36.5 Å². The molecule has 2 aromatic rings. The van der Waals surface area contributed by atoms with E-state index in [1.165, 1.54) is 4.90 Å². The molecular formula is C24H28N2O4. The highest BCUT2D eigenvalue weighted by atomic mass is 16.5.